The molecule has 2 rings (SSSR count). The van der Waals surface area contributed by atoms with Gasteiger partial charge in [0, 0.05) is 11.1 Å². The molecule has 6 heteroatoms. The molecule has 0 aliphatic carbocycles. The first-order valence-electron chi connectivity index (χ1n) is 5.73. The molecule has 0 saturated heterocycles. The molecule has 100 valence electrons. The molecule has 0 atom stereocenters. The Morgan fingerprint density at radius 1 is 1.32 bits per heavy atom. The highest BCUT2D eigenvalue weighted by Crippen LogP contribution is 2.21. The first kappa shape index (κ1) is 13.4. The number of carbonyl (C=O) groups excluding carboxylic acids is 1. The fraction of sp³-hybridized carbons (Fsp3) is 0.231. The van der Waals surface area contributed by atoms with E-state index in [1.807, 2.05) is 25.3 Å². The Hall–Kier alpha value is -2.08. The summed E-state index contributed by atoms with van der Waals surface area (Å²) < 4.78 is 5.12. The van der Waals surface area contributed by atoms with E-state index in [1.54, 1.807) is 19.2 Å². The van der Waals surface area contributed by atoms with Gasteiger partial charge in [0.2, 0.25) is 0 Å². The van der Waals surface area contributed by atoms with Crippen molar-refractivity contribution in [3.63, 3.8) is 0 Å². The number of nitrogens with one attached hydrogen (secondary N) is 2. The van der Waals surface area contributed by atoms with Crippen LogP contribution in [0.4, 0.5) is 15.6 Å². The molecule has 0 fully saturated rings. The molecule has 0 unspecified atom stereocenters. The lowest BCUT2D eigenvalue weighted by molar-refractivity contribution is 0.262. The molecule has 2 aromatic rings. The van der Waals surface area contributed by atoms with Gasteiger partial charge in [0.1, 0.15) is 5.75 Å². The molecule has 2 N–H and O–H groups in total. The number of aromatic nitrogens is 1. The monoisotopic (exact) mass is 277 g/mol. The summed E-state index contributed by atoms with van der Waals surface area (Å²) in [5.41, 5.74) is 2.57. The third kappa shape index (κ3) is 3.45. The fourth-order valence-electron chi connectivity index (χ4n) is 1.57. The van der Waals surface area contributed by atoms with Crippen LogP contribution in [0.5, 0.6) is 5.75 Å². The predicted octanol–water partition coefficient (Wildman–Crippen LogP) is 3.41. The summed E-state index contributed by atoms with van der Waals surface area (Å²) in [7, 11) is 1.61. The molecular weight excluding hydrogens is 262 g/mol. The predicted molar refractivity (Wildman–Crippen MR) is 77.2 cm³/mol. The van der Waals surface area contributed by atoms with Gasteiger partial charge in [0.15, 0.2) is 5.13 Å². The molecule has 2 amide bonds. The molecule has 19 heavy (non-hydrogen) atoms. The Morgan fingerprint density at radius 2 is 2.11 bits per heavy atom. The fourth-order valence-corrected chi connectivity index (χ4v) is 2.25. The highest BCUT2D eigenvalue weighted by Gasteiger charge is 2.07. The van der Waals surface area contributed by atoms with Crippen LogP contribution in [0.2, 0.25) is 0 Å². The molecular formula is C13H15N3O2S. The summed E-state index contributed by atoms with van der Waals surface area (Å²) in [6, 6.07) is 5.17. The lowest BCUT2D eigenvalue weighted by Gasteiger charge is -2.09. The number of aryl methyl sites for hydroxylation is 2. The highest BCUT2D eigenvalue weighted by atomic mass is 32.1. The quantitative estimate of drug-likeness (QED) is 0.903. The Bertz CT molecular complexity index is 595. The van der Waals surface area contributed by atoms with Crippen LogP contribution in [0.1, 0.15) is 11.3 Å². The van der Waals surface area contributed by atoms with Gasteiger partial charge in [-0.1, -0.05) is 0 Å². The maximum Gasteiger partial charge on any atom is 0.325 e. The summed E-state index contributed by atoms with van der Waals surface area (Å²) in [6.07, 6.45) is 0. The second-order valence-corrected chi connectivity index (χ2v) is 4.91. The number of hydrogen-bond acceptors (Lipinski definition) is 4. The lowest BCUT2D eigenvalue weighted by Crippen LogP contribution is -2.19. The van der Waals surface area contributed by atoms with Gasteiger partial charge in [-0.15, -0.1) is 11.3 Å². The molecule has 0 bridgehead atoms. The summed E-state index contributed by atoms with van der Waals surface area (Å²) in [5, 5.41) is 7.94. The Labute approximate surface area is 115 Å². The number of methoxy groups -OCH3 is 1. The maximum absolute atomic E-state index is 11.8. The normalized spacial score (nSPS) is 10.1. The van der Waals surface area contributed by atoms with Crippen LogP contribution in [0.3, 0.4) is 0 Å². The third-order valence-electron chi connectivity index (χ3n) is 2.52. The zero-order chi connectivity index (χ0) is 13.8. The number of urea groups is 1. The van der Waals surface area contributed by atoms with Crippen molar-refractivity contribution in [2.75, 3.05) is 17.7 Å². The van der Waals surface area contributed by atoms with Crippen molar-refractivity contribution >= 4 is 28.2 Å². The van der Waals surface area contributed by atoms with Crippen LogP contribution in [0.15, 0.2) is 23.6 Å². The van der Waals surface area contributed by atoms with Gasteiger partial charge < -0.3 is 10.1 Å². The van der Waals surface area contributed by atoms with Crippen molar-refractivity contribution in [3.05, 3.63) is 34.8 Å². The number of carbonyl (C=O) groups is 1. The molecule has 1 aromatic heterocycles. The first-order valence-corrected chi connectivity index (χ1v) is 6.61. The Morgan fingerprint density at radius 3 is 2.68 bits per heavy atom. The van der Waals surface area contributed by atoms with Gasteiger partial charge >= 0.3 is 6.03 Å². The van der Waals surface area contributed by atoms with E-state index in [0.29, 0.717) is 5.13 Å². The summed E-state index contributed by atoms with van der Waals surface area (Å²) in [6.45, 7) is 3.79. The first-order chi connectivity index (χ1) is 9.08. The number of benzene rings is 1. The molecule has 1 heterocycles. The van der Waals surface area contributed by atoms with Crippen LogP contribution in [0, 0.1) is 13.8 Å². The van der Waals surface area contributed by atoms with Crippen LogP contribution in [-0.2, 0) is 0 Å². The van der Waals surface area contributed by atoms with E-state index in [1.165, 1.54) is 11.3 Å². The van der Waals surface area contributed by atoms with Gasteiger partial charge in [0.05, 0.1) is 12.8 Å². The highest BCUT2D eigenvalue weighted by molar-refractivity contribution is 7.13. The van der Waals surface area contributed by atoms with E-state index in [0.717, 1.165) is 22.7 Å². The van der Waals surface area contributed by atoms with Crippen molar-refractivity contribution in [2.45, 2.75) is 13.8 Å². The zero-order valence-electron chi connectivity index (χ0n) is 11.0. The van der Waals surface area contributed by atoms with Gasteiger partial charge in [-0.3, -0.25) is 5.32 Å². The van der Waals surface area contributed by atoms with Crippen molar-refractivity contribution in [2.24, 2.45) is 0 Å². The number of hydrogen-bond donors (Lipinski definition) is 2. The molecule has 0 aliphatic heterocycles. The van der Waals surface area contributed by atoms with Crippen molar-refractivity contribution < 1.29 is 9.53 Å². The van der Waals surface area contributed by atoms with E-state index in [9.17, 15) is 4.79 Å². The van der Waals surface area contributed by atoms with Crippen molar-refractivity contribution in [3.8, 4) is 5.75 Å². The minimum Gasteiger partial charge on any atom is -0.497 e. The number of ether oxygens (including phenoxy) is 1. The van der Waals surface area contributed by atoms with Crippen molar-refractivity contribution in [1.29, 1.82) is 0 Å². The average Bonchev–Trinajstić information content (AvgIpc) is 2.77. The van der Waals surface area contributed by atoms with E-state index in [4.69, 9.17) is 4.74 Å². The van der Waals surface area contributed by atoms with Gasteiger partial charge in [-0.25, -0.2) is 9.78 Å². The van der Waals surface area contributed by atoms with E-state index < -0.39 is 0 Å². The molecule has 1 aromatic carbocycles. The summed E-state index contributed by atoms with van der Waals surface area (Å²) in [5.74, 6) is 0.763. The second kappa shape index (κ2) is 5.71. The van der Waals surface area contributed by atoms with E-state index >= 15 is 0 Å². The lowest BCUT2D eigenvalue weighted by atomic mass is 10.2. The topological polar surface area (TPSA) is 63.2 Å². The number of amides is 2. The number of rotatable bonds is 3. The molecule has 5 nitrogen and oxygen atoms in total. The SMILES string of the molecule is COc1ccc(NC(=O)Nc2nc(C)cs2)c(C)c1. The van der Waals surface area contributed by atoms with Crippen LogP contribution in [0.25, 0.3) is 0 Å². The van der Waals surface area contributed by atoms with Crippen LogP contribution >= 0.6 is 11.3 Å². The summed E-state index contributed by atoms with van der Waals surface area (Å²) in [4.78, 5) is 16.0. The summed E-state index contributed by atoms with van der Waals surface area (Å²) >= 11 is 1.40. The van der Waals surface area contributed by atoms with Crippen LogP contribution < -0.4 is 15.4 Å². The molecule has 0 aliphatic rings. The number of nitrogens with zero attached hydrogens (tertiary/aromatic N) is 1. The van der Waals surface area contributed by atoms with Gasteiger partial charge in [-0.05, 0) is 37.6 Å². The minimum absolute atomic E-state index is 0.303. The minimum atomic E-state index is -0.303. The van der Waals surface area contributed by atoms with Crippen molar-refractivity contribution in [1.82, 2.24) is 4.98 Å². The second-order valence-electron chi connectivity index (χ2n) is 4.05. The largest absolute Gasteiger partial charge is 0.497 e. The smallest absolute Gasteiger partial charge is 0.325 e. The standard InChI is InChI=1S/C13H15N3O2S/c1-8-6-10(18-3)4-5-11(8)15-12(17)16-13-14-9(2)7-19-13/h4-7H,1-3H3,(H2,14,15,16,17). The van der Waals surface area contributed by atoms with Crippen LogP contribution in [-0.4, -0.2) is 18.1 Å². The zero-order valence-corrected chi connectivity index (χ0v) is 11.8. The Balaban J connectivity index is 2.02. The molecule has 0 saturated carbocycles. The molecule has 0 spiro atoms. The van der Waals surface area contributed by atoms with E-state index in [-0.39, 0.29) is 6.03 Å². The number of thiazole rings is 1. The maximum atomic E-state index is 11.8. The Kier molecular flexibility index (Phi) is 4.01. The molecule has 0 radical (unpaired) electrons. The van der Waals surface area contributed by atoms with Gasteiger partial charge in [-0.2, -0.15) is 0 Å². The number of anilines is 2. The average molecular weight is 277 g/mol. The van der Waals surface area contributed by atoms with Gasteiger partial charge in [0.25, 0.3) is 0 Å². The van der Waals surface area contributed by atoms with E-state index in [2.05, 4.69) is 15.6 Å². The third-order valence-corrected chi connectivity index (χ3v) is 3.40.